The fourth-order valence-corrected chi connectivity index (χ4v) is 2.47. The molecule has 1 atom stereocenters. The number of methoxy groups -OCH3 is 1. The Bertz CT molecular complexity index is 568. The van der Waals surface area contributed by atoms with E-state index in [0.717, 1.165) is 16.9 Å². The van der Waals surface area contributed by atoms with Crippen LogP contribution < -0.4 is 10.5 Å². The number of nitrogens with two attached hydrogens (primary N) is 1. The number of hydrogen-bond donors (Lipinski definition) is 1. The summed E-state index contributed by atoms with van der Waals surface area (Å²) in [6.45, 7) is 2.06. The van der Waals surface area contributed by atoms with Gasteiger partial charge in [-0.2, -0.15) is 0 Å². The predicted octanol–water partition coefficient (Wildman–Crippen LogP) is 3.90. The smallest absolute Gasteiger partial charge is 0.122 e. The highest BCUT2D eigenvalue weighted by atomic mass is 35.5. The second-order valence-corrected chi connectivity index (χ2v) is 5.05. The number of halogens is 1. The van der Waals surface area contributed by atoms with Crippen LogP contribution in [-0.2, 0) is 6.42 Å². The van der Waals surface area contributed by atoms with Crippen molar-refractivity contribution >= 4 is 11.6 Å². The van der Waals surface area contributed by atoms with Gasteiger partial charge in [0.2, 0.25) is 0 Å². The number of benzene rings is 2. The SMILES string of the molecule is COc1ccc(C)cc1CC(N)c1ccccc1Cl. The lowest BCUT2D eigenvalue weighted by Gasteiger charge is -2.16. The summed E-state index contributed by atoms with van der Waals surface area (Å²) in [6, 6.07) is 13.7. The van der Waals surface area contributed by atoms with Crippen LogP contribution in [0.3, 0.4) is 0 Å². The molecule has 2 N–H and O–H groups in total. The molecule has 0 aromatic heterocycles. The zero-order valence-electron chi connectivity index (χ0n) is 11.2. The van der Waals surface area contributed by atoms with E-state index in [-0.39, 0.29) is 6.04 Å². The van der Waals surface area contributed by atoms with E-state index in [0.29, 0.717) is 11.4 Å². The quantitative estimate of drug-likeness (QED) is 0.918. The number of ether oxygens (including phenoxy) is 1. The number of rotatable bonds is 4. The molecule has 1 unspecified atom stereocenters. The zero-order valence-corrected chi connectivity index (χ0v) is 11.9. The average Bonchev–Trinajstić information content (AvgIpc) is 2.39. The number of hydrogen-bond acceptors (Lipinski definition) is 2. The van der Waals surface area contributed by atoms with Crippen molar-refractivity contribution in [2.24, 2.45) is 5.73 Å². The number of aryl methyl sites for hydroxylation is 1. The fourth-order valence-electron chi connectivity index (χ4n) is 2.19. The van der Waals surface area contributed by atoms with Crippen molar-refractivity contribution in [3.63, 3.8) is 0 Å². The van der Waals surface area contributed by atoms with Crippen LogP contribution >= 0.6 is 11.6 Å². The molecule has 2 aromatic rings. The maximum absolute atomic E-state index is 6.26. The molecule has 0 fully saturated rings. The Morgan fingerprint density at radius 2 is 1.95 bits per heavy atom. The highest BCUT2D eigenvalue weighted by Gasteiger charge is 2.13. The zero-order chi connectivity index (χ0) is 13.8. The van der Waals surface area contributed by atoms with E-state index in [2.05, 4.69) is 13.0 Å². The first-order valence-corrected chi connectivity index (χ1v) is 6.63. The van der Waals surface area contributed by atoms with Crippen LogP contribution in [0, 0.1) is 6.92 Å². The van der Waals surface area contributed by atoms with Gasteiger partial charge in [0.25, 0.3) is 0 Å². The molecule has 2 nitrogen and oxygen atoms in total. The Morgan fingerprint density at radius 1 is 1.21 bits per heavy atom. The molecule has 3 heteroatoms. The molecular formula is C16H18ClNO. The van der Waals surface area contributed by atoms with Crippen molar-refractivity contribution in [3.05, 3.63) is 64.2 Å². The molecule has 0 heterocycles. The molecule has 2 rings (SSSR count). The standard InChI is InChI=1S/C16H18ClNO/c1-11-7-8-16(19-2)12(9-11)10-15(18)13-5-3-4-6-14(13)17/h3-9,15H,10,18H2,1-2H3. The van der Waals surface area contributed by atoms with Crippen molar-refractivity contribution in [1.29, 1.82) is 0 Å². The largest absolute Gasteiger partial charge is 0.496 e. The third-order valence-corrected chi connectivity index (χ3v) is 3.52. The second kappa shape index (κ2) is 6.09. The van der Waals surface area contributed by atoms with Gasteiger partial charge in [0, 0.05) is 11.1 Å². The molecule has 0 spiro atoms. The van der Waals surface area contributed by atoms with Crippen molar-refractivity contribution in [1.82, 2.24) is 0 Å². The van der Waals surface area contributed by atoms with E-state index in [9.17, 15) is 0 Å². The maximum Gasteiger partial charge on any atom is 0.122 e. The van der Waals surface area contributed by atoms with Gasteiger partial charge in [-0.3, -0.25) is 0 Å². The lowest BCUT2D eigenvalue weighted by Crippen LogP contribution is -2.14. The molecule has 0 saturated carbocycles. The summed E-state index contributed by atoms with van der Waals surface area (Å²) in [5, 5.41) is 0.710. The van der Waals surface area contributed by atoms with Crippen LogP contribution in [0.1, 0.15) is 22.7 Å². The monoisotopic (exact) mass is 275 g/mol. The molecule has 0 bridgehead atoms. The summed E-state index contributed by atoms with van der Waals surface area (Å²) < 4.78 is 5.38. The molecule has 19 heavy (non-hydrogen) atoms. The summed E-state index contributed by atoms with van der Waals surface area (Å²) in [5.74, 6) is 0.869. The Morgan fingerprint density at radius 3 is 2.63 bits per heavy atom. The third kappa shape index (κ3) is 3.28. The highest BCUT2D eigenvalue weighted by molar-refractivity contribution is 6.31. The fraction of sp³-hybridized carbons (Fsp3) is 0.250. The lowest BCUT2D eigenvalue weighted by atomic mass is 9.98. The minimum absolute atomic E-state index is 0.135. The Kier molecular flexibility index (Phi) is 4.46. The molecule has 0 aliphatic rings. The second-order valence-electron chi connectivity index (χ2n) is 4.65. The van der Waals surface area contributed by atoms with Crippen molar-refractivity contribution in [2.75, 3.05) is 7.11 Å². The van der Waals surface area contributed by atoms with Crippen LogP contribution in [0.5, 0.6) is 5.75 Å². The average molecular weight is 276 g/mol. The summed E-state index contributed by atoms with van der Waals surface area (Å²) in [4.78, 5) is 0. The van der Waals surface area contributed by atoms with Crippen LogP contribution in [0.4, 0.5) is 0 Å². The van der Waals surface area contributed by atoms with Crippen LogP contribution in [-0.4, -0.2) is 7.11 Å². The molecule has 0 amide bonds. The van der Waals surface area contributed by atoms with E-state index >= 15 is 0 Å². The first-order chi connectivity index (χ1) is 9.11. The van der Waals surface area contributed by atoms with Gasteiger partial charge < -0.3 is 10.5 Å². The van der Waals surface area contributed by atoms with Gasteiger partial charge in [0.15, 0.2) is 0 Å². The van der Waals surface area contributed by atoms with Gasteiger partial charge in [0.05, 0.1) is 7.11 Å². The summed E-state index contributed by atoms with van der Waals surface area (Å²) in [5.41, 5.74) is 9.53. The third-order valence-electron chi connectivity index (χ3n) is 3.18. The van der Waals surface area contributed by atoms with E-state index in [1.54, 1.807) is 7.11 Å². The van der Waals surface area contributed by atoms with E-state index < -0.39 is 0 Å². The first-order valence-electron chi connectivity index (χ1n) is 6.25. The van der Waals surface area contributed by atoms with Crippen molar-refractivity contribution in [3.8, 4) is 5.75 Å². The van der Waals surface area contributed by atoms with Crippen LogP contribution in [0.15, 0.2) is 42.5 Å². The van der Waals surface area contributed by atoms with Crippen molar-refractivity contribution < 1.29 is 4.74 Å². The van der Waals surface area contributed by atoms with Gasteiger partial charge in [-0.05, 0) is 36.6 Å². The molecule has 0 aliphatic heterocycles. The van der Waals surface area contributed by atoms with Crippen LogP contribution in [0.2, 0.25) is 5.02 Å². The van der Waals surface area contributed by atoms with E-state index in [1.807, 2.05) is 36.4 Å². The summed E-state index contributed by atoms with van der Waals surface area (Å²) in [7, 11) is 1.68. The molecular weight excluding hydrogens is 258 g/mol. The first kappa shape index (κ1) is 13.9. The molecule has 0 saturated heterocycles. The molecule has 0 radical (unpaired) electrons. The molecule has 2 aromatic carbocycles. The predicted molar refractivity (Wildman–Crippen MR) is 79.8 cm³/mol. The van der Waals surface area contributed by atoms with E-state index in [4.69, 9.17) is 22.1 Å². The topological polar surface area (TPSA) is 35.2 Å². The molecule has 0 aliphatic carbocycles. The minimum atomic E-state index is -0.135. The van der Waals surface area contributed by atoms with Gasteiger partial charge in [0.1, 0.15) is 5.75 Å². The van der Waals surface area contributed by atoms with Gasteiger partial charge >= 0.3 is 0 Å². The minimum Gasteiger partial charge on any atom is -0.496 e. The normalized spacial score (nSPS) is 12.2. The Hall–Kier alpha value is -1.51. The van der Waals surface area contributed by atoms with Crippen LogP contribution in [0.25, 0.3) is 0 Å². The highest BCUT2D eigenvalue weighted by Crippen LogP contribution is 2.28. The Balaban J connectivity index is 2.26. The molecule has 100 valence electrons. The van der Waals surface area contributed by atoms with Gasteiger partial charge in [-0.25, -0.2) is 0 Å². The van der Waals surface area contributed by atoms with E-state index in [1.165, 1.54) is 5.56 Å². The van der Waals surface area contributed by atoms with Gasteiger partial charge in [-0.1, -0.05) is 47.5 Å². The maximum atomic E-state index is 6.26. The van der Waals surface area contributed by atoms with Gasteiger partial charge in [-0.15, -0.1) is 0 Å². The summed E-state index contributed by atoms with van der Waals surface area (Å²) in [6.07, 6.45) is 0.703. The lowest BCUT2D eigenvalue weighted by molar-refractivity contribution is 0.408. The Labute approximate surface area is 119 Å². The summed E-state index contributed by atoms with van der Waals surface area (Å²) >= 11 is 6.18. The van der Waals surface area contributed by atoms with Crippen molar-refractivity contribution in [2.45, 2.75) is 19.4 Å².